The second-order valence-electron chi connectivity index (χ2n) is 4.68. The molecule has 0 aliphatic heterocycles. The van der Waals surface area contributed by atoms with Gasteiger partial charge in [-0.15, -0.1) is 0 Å². The normalized spacial score (nSPS) is 25.3. The summed E-state index contributed by atoms with van der Waals surface area (Å²) in [5, 5.41) is 9.12. The van der Waals surface area contributed by atoms with Gasteiger partial charge in [-0.25, -0.2) is 4.98 Å². The minimum atomic E-state index is -0.157. The number of rotatable bonds is 3. The minimum Gasteiger partial charge on any atom is -0.349 e. The molecule has 16 heavy (non-hydrogen) atoms. The zero-order chi connectivity index (χ0) is 11.4. The van der Waals surface area contributed by atoms with E-state index in [9.17, 15) is 4.79 Å². The van der Waals surface area contributed by atoms with Gasteiger partial charge in [0.2, 0.25) is 5.82 Å². The fourth-order valence-corrected chi connectivity index (χ4v) is 2.38. The van der Waals surface area contributed by atoms with Crippen molar-refractivity contribution in [2.24, 2.45) is 11.8 Å². The molecule has 1 aromatic rings. The predicted molar refractivity (Wildman–Crippen MR) is 59.8 cm³/mol. The maximum Gasteiger partial charge on any atom is 0.288 e. The van der Waals surface area contributed by atoms with E-state index in [1.807, 2.05) is 0 Å². The Bertz CT molecular complexity index is 336. The molecule has 2 unspecified atom stereocenters. The van der Waals surface area contributed by atoms with Crippen LogP contribution in [0.2, 0.25) is 0 Å². The first-order chi connectivity index (χ1) is 7.75. The first-order valence-corrected chi connectivity index (χ1v) is 5.89. The van der Waals surface area contributed by atoms with E-state index in [1.54, 1.807) is 0 Å². The molecule has 0 bridgehead atoms. The molecular formula is C11H18N4O. The van der Waals surface area contributed by atoms with Crippen molar-refractivity contribution >= 4 is 5.91 Å². The summed E-state index contributed by atoms with van der Waals surface area (Å²) >= 11 is 0. The van der Waals surface area contributed by atoms with Crippen LogP contribution in [0.4, 0.5) is 0 Å². The van der Waals surface area contributed by atoms with Gasteiger partial charge >= 0.3 is 0 Å². The van der Waals surface area contributed by atoms with Crippen molar-refractivity contribution in [1.29, 1.82) is 0 Å². The van der Waals surface area contributed by atoms with E-state index in [1.165, 1.54) is 32.0 Å². The lowest BCUT2D eigenvalue weighted by atomic mass is 9.82. The third-order valence-electron chi connectivity index (χ3n) is 3.23. The van der Waals surface area contributed by atoms with E-state index in [2.05, 4.69) is 27.4 Å². The number of H-pyrrole nitrogens is 1. The third kappa shape index (κ3) is 2.81. The standard InChI is InChI=1S/C11H18N4O/c1-8-3-2-4-9(5-8)6-12-11(16)10-13-7-14-15-10/h7-9H,2-6H2,1H3,(H,12,16)(H,13,14,15). The Labute approximate surface area is 95.0 Å². The summed E-state index contributed by atoms with van der Waals surface area (Å²) in [6.07, 6.45) is 6.39. The minimum absolute atomic E-state index is 0.157. The number of nitrogens with zero attached hydrogens (tertiary/aromatic N) is 2. The van der Waals surface area contributed by atoms with Gasteiger partial charge in [-0.2, -0.15) is 5.10 Å². The SMILES string of the molecule is CC1CCCC(CNC(=O)c2ncn[nH]2)C1. The molecule has 0 saturated heterocycles. The average Bonchev–Trinajstić information content (AvgIpc) is 2.79. The summed E-state index contributed by atoms with van der Waals surface area (Å²) in [5.41, 5.74) is 0. The number of nitrogens with one attached hydrogen (secondary N) is 2. The molecule has 2 rings (SSSR count). The monoisotopic (exact) mass is 222 g/mol. The Morgan fingerprint density at radius 1 is 1.62 bits per heavy atom. The number of hydrogen-bond donors (Lipinski definition) is 2. The number of amides is 1. The predicted octanol–water partition coefficient (Wildman–Crippen LogP) is 1.36. The van der Waals surface area contributed by atoms with Crippen molar-refractivity contribution in [3.63, 3.8) is 0 Å². The molecule has 0 aromatic carbocycles. The van der Waals surface area contributed by atoms with E-state index in [-0.39, 0.29) is 5.91 Å². The van der Waals surface area contributed by atoms with Crippen LogP contribution in [-0.2, 0) is 0 Å². The van der Waals surface area contributed by atoms with Crippen molar-refractivity contribution in [2.45, 2.75) is 32.6 Å². The van der Waals surface area contributed by atoms with E-state index >= 15 is 0 Å². The molecule has 2 atom stereocenters. The third-order valence-corrected chi connectivity index (χ3v) is 3.23. The summed E-state index contributed by atoms with van der Waals surface area (Å²) in [6.45, 7) is 3.04. The number of hydrogen-bond acceptors (Lipinski definition) is 3. The fourth-order valence-electron chi connectivity index (χ4n) is 2.38. The van der Waals surface area contributed by atoms with Gasteiger partial charge in [-0.1, -0.05) is 19.8 Å². The van der Waals surface area contributed by atoms with Gasteiger partial charge in [0.1, 0.15) is 6.33 Å². The molecule has 0 spiro atoms. The van der Waals surface area contributed by atoms with Crippen LogP contribution < -0.4 is 5.32 Å². The van der Waals surface area contributed by atoms with Gasteiger partial charge in [0.05, 0.1) is 0 Å². The second kappa shape index (κ2) is 5.09. The van der Waals surface area contributed by atoms with Crippen molar-refractivity contribution in [3.05, 3.63) is 12.2 Å². The Kier molecular flexibility index (Phi) is 3.54. The molecule has 1 aliphatic rings. The zero-order valence-electron chi connectivity index (χ0n) is 9.57. The van der Waals surface area contributed by atoms with Gasteiger partial charge in [0.25, 0.3) is 5.91 Å². The van der Waals surface area contributed by atoms with Crippen LogP contribution in [0.5, 0.6) is 0 Å². The maximum absolute atomic E-state index is 11.6. The molecule has 5 heteroatoms. The highest BCUT2D eigenvalue weighted by atomic mass is 16.2. The lowest BCUT2D eigenvalue weighted by Gasteiger charge is -2.26. The van der Waals surface area contributed by atoms with E-state index < -0.39 is 0 Å². The molecule has 0 radical (unpaired) electrons. The molecule has 88 valence electrons. The maximum atomic E-state index is 11.6. The highest BCUT2D eigenvalue weighted by Crippen LogP contribution is 2.27. The summed E-state index contributed by atoms with van der Waals surface area (Å²) in [6, 6.07) is 0. The van der Waals surface area contributed by atoms with E-state index in [0.717, 1.165) is 12.5 Å². The summed E-state index contributed by atoms with van der Waals surface area (Å²) in [7, 11) is 0. The lowest BCUT2D eigenvalue weighted by Crippen LogP contribution is -2.32. The van der Waals surface area contributed by atoms with E-state index in [0.29, 0.717) is 11.7 Å². The number of aromatic nitrogens is 3. The van der Waals surface area contributed by atoms with Crippen LogP contribution in [0.3, 0.4) is 0 Å². The van der Waals surface area contributed by atoms with Gasteiger partial charge < -0.3 is 5.32 Å². The topological polar surface area (TPSA) is 70.7 Å². The number of carbonyl (C=O) groups excluding carboxylic acids is 1. The van der Waals surface area contributed by atoms with Crippen LogP contribution in [-0.4, -0.2) is 27.6 Å². The summed E-state index contributed by atoms with van der Waals surface area (Å²) in [5.74, 6) is 1.55. The Morgan fingerprint density at radius 3 is 3.19 bits per heavy atom. The number of carbonyl (C=O) groups is 1. The van der Waals surface area contributed by atoms with Gasteiger partial charge in [0, 0.05) is 6.54 Å². The van der Waals surface area contributed by atoms with Gasteiger partial charge in [0.15, 0.2) is 0 Å². The van der Waals surface area contributed by atoms with Crippen molar-refractivity contribution in [1.82, 2.24) is 20.5 Å². The molecule has 1 fully saturated rings. The largest absolute Gasteiger partial charge is 0.349 e. The molecule has 1 saturated carbocycles. The van der Waals surface area contributed by atoms with Crippen molar-refractivity contribution in [2.75, 3.05) is 6.54 Å². The summed E-state index contributed by atoms with van der Waals surface area (Å²) < 4.78 is 0. The van der Waals surface area contributed by atoms with Gasteiger partial charge in [-0.05, 0) is 24.7 Å². The molecule has 1 amide bonds. The molecular weight excluding hydrogens is 204 g/mol. The summed E-state index contributed by atoms with van der Waals surface area (Å²) in [4.78, 5) is 15.4. The Hall–Kier alpha value is -1.39. The fraction of sp³-hybridized carbons (Fsp3) is 0.727. The smallest absolute Gasteiger partial charge is 0.288 e. The highest BCUT2D eigenvalue weighted by molar-refractivity contribution is 5.90. The Morgan fingerprint density at radius 2 is 2.50 bits per heavy atom. The first-order valence-electron chi connectivity index (χ1n) is 5.89. The Balaban J connectivity index is 1.77. The van der Waals surface area contributed by atoms with Crippen LogP contribution >= 0.6 is 0 Å². The van der Waals surface area contributed by atoms with Crippen molar-refractivity contribution < 1.29 is 4.79 Å². The number of aromatic amines is 1. The quantitative estimate of drug-likeness (QED) is 0.811. The molecule has 1 heterocycles. The molecule has 2 N–H and O–H groups in total. The molecule has 1 aliphatic carbocycles. The second-order valence-corrected chi connectivity index (χ2v) is 4.68. The van der Waals surface area contributed by atoms with Crippen LogP contribution in [0.15, 0.2) is 6.33 Å². The average molecular weight is 222 g/mol. The lowest BCUT2D eigenvalue weighted by molar-refractivity contribution is 0.0930. The van der Waals surface area contributed by atoms with Crippen LogP contribution in [0.25, 0.3) is 0 Å². The highest BCUT2D eigenvalue weighted by Gasteiger charge is 2.19. The van der Waals surface area contributed by atoms with Crippen LogP contribution in [0.1, 0.15) is 43.2 Å². The molecule has 5 nitrogen and oxygen atoms in total. The van der Waals surface area contributed by atoms with Crippen molar-refractivity contribution in [3.8, 4) is 0 Å². The van der Waals surface area contributed by atoms with Crippen LogP contribution in [0, 0.1) is 11.8 Å². The van der Waals surface area contributed by atoms with Gasteiger partial charge in [-0.3, -0.25) is 9.89 Å². The first kappa shape index (κ1) is 11.1. The molecule has 1 aromatic heterocycles. The van der Waals surface area contributed by atoms with E-state index in [4.69, 9.17) is 0 Å². The zero-order valence-corrected chi connectivity index (χ0v) is 9.57.